The normalized spacial score (nSPS) is 25.6. The molecule has 0 aliphatic heterocycles. The van der Waals surface area contributed by atoms with E-state index in [-0.39, 0.29) is 15.2 Å². The van der Waals surface area contributed by atoms with Gasteiger partial charge in [0.25, 0.3) is 0 Å². The highest BCUT2D eigenvalue weighted by molar-refractivity contribution is 6.27. The lowest BCUT2D eigenvalue weighted by Crippen LogP contribution is -2.11. The summed E-state index contributed by atoms with van der Waals surface area (Å²) < 4.78 is 5.63. The molecule has 0 aromatic rings. The van der Waals surface area contributed by atoms with Gasteiger partial charge in [-0.2, -0.15) is 0 Å². The van der Waals surface area contributed by atoms with Crippen LogP contribution in [0, 0.1) is 5.41 Å². The van der Waals surface area contributed by atoms with Gasteiger partial charge >= 0.3 is 0 Å². The lowest BCUT2D eigenvalue weighted by atomic mass is 9.82. The van der Waals surface area contributed by atoms with E-state index in [9.17, 15) is 0 Å². The molecule has 1 rings (SSSR count). The maximum Gasteiger partial charge on any atom is 0.218 e. The second-order valence-electron chi connectivity index (χ2n) is 4.87. The molecule has 0 spiro atoms. The molecule has 0 N–H and O–H groups in total. The van der Waals surface area contributed by atoms with Crippen molar-refractivity contribution in [3.05, 3.63) is 36.1 Å². The fourth-order valence-electron chi connectivity index (χ4n) is 1.67. The maximum absolute atomic E-state index is 5.63. The maximum atomic E-state index is 5.63. The highest BCUT2D eigenvalue weighted by atomic mass is 28.2. The molecule has 90 valence electrons. The molecule has 0 saturated heterocycles. The average Bonchev–Trinajstić information content (AvgIpc) is 2.28. The predicted octanol–water partition coefficient (Wildman–Crippen LogP) is 3.73. The van der Waals surface area contributed by atoms with Crippen LogP contribution in [0.3, 0.4) is 0 Å². The van der Waals surface area contributed by atoms with Gasteiger partial charge in [-0.1, -0.05) is 50.5 Å². The van der Waals surface area contributed by atoms with Crippen LogP contribution >= 0.6 is 0 Å². The Balaban J connectivity index is 2.26. The van der Waals surface area contributed by atoms with Crippen molar-refractivity contribution in [2.24, 2.45) is 5.41 Å². The van der Waals surface area contributed by atoms with Gasteiger partial charge in [-0.05, 0) is 25.5 Å². The van der Waals surface area contributed by atoms with E-state index < -0.39 is 0 Å². The Labute approximate surface area is 102 Å². The first-order chi connectivity index (χ1) is 7.66. The van der Waals surface area contributed by atoms with Gasteiger partial charge in [-0.3, -0.25) is 0 Å². The van der Waals surface area contributed by atoms with Gasteiger partial charge in [0.1, 0.15) is 0 Å². The van der Waals surface area contributed by atoms with Crippen LogP contribution in [-0.2, 0) is 4.43 Å². The van der Waals surface area contributed by atoms with Gasteiger partial charge in [0.15, 0.2) is 0 Å². The lowest BCUT2D eigenvalue weighted by molar-refractivity contribution is 0.478. The largest absolute Gasteiger partial charge is 0.555 e. The summed E-state index contributed by atoms with van der Waals surface area (Å²) >= 11 is 0. The third-order valence-corrected chi connectivity index (χ3v) is 4.22. The number of allylic oxidation sites excluding steroid dienone is 5. The SMILES string of the molecule is CCCC[SiH2]OC=CC1(C)C=CC(C)=CC1. The van der Waals surface area contributed by atoms with Crippen LogP contribution in [0.4, 0.5) is 0 Å². The molecule has 1 nitrogen and oxygen atoms in total. The van der Waals surface area contributed by atoms with E-state index in [0.29, 0.717) is 0 Å². The van der Waals surface area contributed by atoms with Crippen LogP contribution in [0.2, 0.25) is 6.04 Å². The van der Waals surface area contributed by atoms with E-state index in [1.54, 1.807) is 0 Å². The van der Waals surface area contributed by atoms with Crippen molar-refractivity contribution in [3.8, 4) is 0 Å². The standard InChI is InChI=1S/C14H24OSi/c1-4-5-12-16-15-11-10-14(3)8-6-13(2)7-9-14/h6-8,10-11H,4-5,9,12,16H2,1-3H3. The summed E-state index contributed by atoms with van der Waals surface area (Å²) in [4.78, 5) is 0. The molecule has 0 amide bonds. The zero-order valence-electron chi connectivity index (χ0n) is 10.8. The molecule has 16 heavy (non-hydrogen) atoms. The zero-order valence-corrected chi connectivity index (χ0v) is 12.2. The quantitative estimate of drug-likeness (QED) is 0.388. The fraction of sp³-hybridized carbons (Fsp3) is 0.571. The number of hydrogen-bond donors (Lipinski definition) is 0. The minimum absolute atomic E-state index is 0.165. The van der Waals surface area contributed by atoms with Crippen molar-refractivity contribution < 1.29 is 4.43 Å². The van der Waals surface area contributed by atoms with Gasteiger partial charge in [0, 0.05) is 5.41 Å². The van der Waals surface area contributed by atoms with Crippen LogP contribution < -0.4 is 0 Å². The van der Waals surface area contributed by atoms with E-state index >= 15 is 0 Å². The zero-order chi connectivity index (χ0) is 11.9. The van der Waals surface area contributed by atoms with E-state index in [1.165, 1.54) is 24.5 Å². The molecule has 0 heterocycles. The summed E-state index contributed by atoms with van der Waals surface area (Å²) in [6.45, 7) is 6.63. The molecule has 0 bridgehead atoms. The van der Waals surface area contributed by atoms with Gasteiger partial charge < -0.3 is 4.43 Å². The van der Waals surface area contributed by atoms with Crippen molar-refractivity contribution in [2.75, 3.05) is 0 Å². The minimum Gasteiger partial charge on any atom is -0.555 e. The van der Waals surface area contributed by atoms with E-state index in [1.807, 2.05) is 6.26 Å². The highest BCUT2D eigenvalue weighted by Gasteiger charge is 2.18. The first-order valence-electron chi connectivity index (χ1n) is 6.31. The number of unbranched alkanes of at least 4 members (excludes halogenated alkanes) is 1. The molecule has 1 aliphatic carbocycles. The second-order valence-corrected chi connectivity index (χ2v) is 6.32. The van der Waals surface area contributed by atoms with Crippen LogP contribution in [0.15, 0.2) is 36.1 Å². The first-order valence-corrected chi connectivity index (χ1v) is 7.89. The Bertz CT molecular complexity index is 291. The van der Waals surface area contributed by atoms with Crippen LogP contribution in [0.5, 0.6) is 0 Å². The van der Waals surface area contributed by atoms with Crippen LogP contribution in [0.1, 0.15) is 40.0 Å². The predicted molar refractivity (Wildman–Crippen MR) is 74.1 cm³/mol. The second kappa shape index (κ2) is 6.74. The van der Waals surface area contributed by atoms with Crippen LogP contribution in [0.25, 0.3) is 0 Å². The van der Waals surface area contributed by atoms with Gasteiger partial charge in [0.05, 0.1) is 6.26 Å². The molecule has 1 unspecified atom stereocenters. The Hall–Kier alpha value is -0.763. The van der Waals surface area contributed by atoms with E-state index in [0.717, 1.165) is 6.42 Å². The monoisotopic (exact) mass is 236 g/mol. The Kier molecular flexibility index (Phi) is 5.60. The Morgan fingerprint density at radius 2 is 2.38 bits per heavy atom. The molecule has 0 radical (unpaired) electrons. The minimum atomic E-state index is -0.309. The molecular formula is C14H24OSi. The molecule has 2 heteroatoms. The molecule has 0 fully saturated rings. The fourth-order valence-corrected chi connectivity index (χ4v) is 2.77. The molecule has 0 saturated carbocycles. The molecule has 1 aliphatic rings. The van der Waals surface area contributed by atoms with E-state index in [4.69, 9.17) is 4.43 Å². The van der Waals surface area contributed by atoms with Gasteiger partial charge in [-0.15, -0.1) is 0 Å². The molecule has 1 atom stereocenters. The summed E-state index contributed by atoms with van der Waals surface area (Å²) in [6, 6.07) is 1.30. The third-order valence-electron chi connectivity index (χ3n) is 3.00. The van der Waals surface area contributed by atoms with Gasteiger partial charge in [0.2, 0.25) is 9.76 Å². The van der Waals surface area contributed by atoms with Crippen molar-refractivity contribution in [1.82, 2.24) is 0 Å². The molecule has 0 aromatic carbocycles. The number of hydrogen-bond acceptors (Lipinski definition) is 1. The van der Waals surface area contributed by atoms with Crippen molar-refractivity contribution >= 4 is 9.76 Å². The molecular weight excluding hydrogens is 212 g/mol. The smallest absolute Gasteiger partial charge is 0.218 e. The average molecular weight is 236 g/mol. The summed E-state index contributed by atoms with van der Waals surface area (Å²) in [6.07, 6.45) is 14.6. The third kappa shape index (κ3) is 4.84. The summed E-state index contributed by atoms with van der Waals surface area (Å²) in [5.41, 5.74) is 1.53. The first kappa shape index (κ1) is 13.3. The summed E-state index contributed by atoms with van der Waals surface area (Å²) in [7, 11) is -0.309. The van der Waals surface area contributed by atoms with Gasteiger partial charge in [-0.25, -0.2) is 0 Å². The van der Waals surface area contributed by atoms with Crippen molar-refractivity contribution in [2.45, 2.75) is 46.1 Å². The Morgan fingerprint density at radius 3 is 3.00 bits per heavy atom. The number of rotatable bonds is 6. The highest BCUT2D eigenvalue weighted by Crippen LogP contribution is 2.30. The van der Waals surface area contributed by atoms with Crippen LogP contribution in [-0.4, -0.2) is 9.76 Å². The Morgan fingerprint density at radius 1 is 1.56 bits per heavy atom. The topological polar surface area (TPSA) is 9.23 Å². The molecule has 0 aromatic heterocycles. The van der Waals surface area contributed by atoms with Crippen molar-refractivity contribution in [3.63, 3.8) is 0 Å². The van der Waals surface area contributed by atoms with Crippen molar-refractivity contribution in [1.29, 1.82) is 0 Å². The summed E-state index contributed by atoms with van der Waals surface area (Å²) in [5.74, 6) is 0. The lowest BCUT2D eigenvalue weighted by Gasteiger charge is -2.23. The summed E-state index contributed by atoms with van der Waals surface area (Å²) in [5, 5.41) is 0. The van der Waals surface area contributed by atoms with E-state index in [2.05, 4.69) is 45.1 Å².